The average Bonchev–Trinajstić information content (AvgIpc) is 2.51. The third kappa shape index (κ3) is 5.05. The zero-order valence-corrected chi connectivity index (χ0v) is 13.9. The molecule has 0 bridgehead atoms. The van der Waals surface area contributed by atoms with Crippen LogP contribution in [-0.2, 0) is 17.2 Å². The summed E-state index contributed by atoms with van der Waals surface area (Å²) in [5.41, 5.74) is 3.77. The number of halogens is 1. The van der Waals surface area contributed by atoms with E-state index < -0.39 is 0 Å². The first kappa shape index (κ1) is 16.9. The highest BCUT2D eigenvalue weighted by Gasteiger charge is 2.06. The van der Waals surface area contributed by atoms with Crippen molar-refractivity contribution >= 4 is 35.0 Å². The van der Waals surface area contributed by atoms with Gasteiger partial charge in [-0.2, -0.15) is 0 Å². The molecule has 5 heteroatoms. The van der Waals surface area contributed by atoms with E-state index in [9.17, 15) is 4.79 Å². The molecule has 116 valence electrons. The smallest absolute Gasteiger partial charge is 0.234 e. The van der Waals surface area contributed by atoms with E-state index in [0.29, 0.717) is 10.8 Å². The minimum Gasteiger partial charge on any atom is -0.392 e. The number of rotatable bonds is 6. The number of aliphatic hydroxyl groups excluding tert-OH is 1. The van der Waals surface area contributed by atoms with Crippen LogP contribution in [0.2, 0.25) is 5.02 Å². The Labute approximate surface area is 139 Å². The predicted molar refractivity (Wildman–Crippen MR) is 93.3 cm³/mol. The van der Waals surface area contributed by atoms with Gasteiger partial charge in [-0.05, 0) is 35.7 Å². The maximum Gasteiger partial charge on any atom is 0.234 e. The number of carbonyl (C=O) groups is 1. The van der Waals surface area contributed by atoms with E-state index in [4.69, 9.17) is 16.7 Å². The van der Waals surface area contributed by atoms with Crippen molar-refractivity contribution in [1.82, 2.24) is 0 Å². The van der Waals surface area contributed by atoms with E-state index in [1.807, 2.05) is 37.3 Å². The quantitative estimate of drug-likeness (QED) is 0.838. The van der Waals surface area contributed by atoms with Gasteiger partial charge in [0.25, 0.3) is 0 Å². The zero-order chi connectivity index (χ0) is 15.9. The summed E-state index contributed by atoms with van der Waals surface area (Å²) in [6, 6.07) is 13.2. The van der Waals surface area contributed by atoms with Crippen LogP contribution in [0.25, 0.3) is 0 Å². The van der Waals surface area contributed by atoms with Crippen LogP contribution in [0.1, 0.15) is 16.7 Å². The molecule has 0 atom stereocenters. The normalized spacial score (nSPS) is 10.5. The maximum atomic E-state index is 12.0. The van der Waals surface area contributed by atoms with Gasteiger partial charge >= 0.3 is 0 Å². The van der Waals surface area contributed by atoms with Gasteiger partial charge in [0.05, 0.1) is 12.4 Å². The van der Waals surface area contributed by atoms with Crippen LogP contribution in [-0.4, -0.2) is 16.8 Å². The van der Waals surface area contributed by atoms with Gasteiger partial charge in [-0.1, -0.05) is 41.9 Å². The first-order chi connectivity index (χ1) is 10.6. The molecule has 0 aliphatic heterocycles. The fraction of sp³-hybridized carbons (Fsp3) is 0.235. The second-order valence-corrected chi connectivity index (χ2v) is 6.40. The van der Waals surface area contributed by atoms with E-state index >= 15 is 0 Å². The standard InChI is InChI=1S/C17H18ClNO2S/c1-12-2-7-15(18)8-16(12)19-17(21)11-22-10-14-5-3-13(9-20)4-6-14/h2-8,20H,9-11H2,1H3,(H,19,21). The molecule has 0 saturated carbocycles. The molecule has 2 aromatic rings. The van der Waals surface area contributed by atoms with E-state index in [1.165, 1.54) is 0 Å². The molecule has 0 unspecified atom stereocenters. The van der Waals surface area contributed by atoms with Gasteiger partial charge in [-0.3, -0.25) is 4.79 Å². The molecule has 0 radical (unpaired) electrons. The lowest BCUT2D eigenvalue weighted by Crippen LogP contribution is -2.15. The second kappa shape index (κ2) is 8.22. The molecule has 2 rings (SSSR count). The zero-order valence-electron chi connectivity index (χ0n) is 12.3. The molecule has 0 aliphatic rings. The SMILES string of the molecule is Cc1ccc(Cl)cc1NC(=O)CSCc1ccc(CO)cc1. The summed E-state index contributed by atoms with van der Waals surface area (Å²) in [6.45, 7) is 1.98. The van der Waals surface area contributed by atoms with Crippen LogP contribution in [0.4, 0.5) is 5.69 Å². The van der Waals surface area contributed by atoms with E-state index in [-0.39, 0.29) is 12.5 Å². The molecular weight excluding hydrogens is 318 g/mol. The van der Waals surface area contributed by atoms with Crippen LogP contribution < -0.4 is 5.32 Å². The van der Waals surface area contributed by atoms with Gasteiger partial charge in [0.1, 0.15) is 0 Å². The van der Waals surface area contributed by atoms with Crippen LogP contribution >= 0.6 is 23.4 Å². The van der Waals surface area contributed by atoms with Gasteiger partial charge < -0.3 is 10.4 Å². The largest absolute Gasteiger partial charge is 0.392 e. The summed E-state index contributed by atoms with van der Waals surface area (Å²) in [4.78, 5) is 12.0. The number of nitrogens with one attached hydrogen (secondary N) is 1. The highest BCUT2D eigenvalue weighted by Crippen LogP contribution is 2.21. The van der Waals surface area contributed by atoms with Gasteiger partial charge in [-0.15, -0.1) is 11.8 Å². The first-order valence-electron chi connectivity index (χ1n) is 6.91. The Balaban J connectivity index is 1.81. The highest BCUT2D eigenvalue weighted by molar-refractivity contribution is 7.99. The van der Waals surface area contributed by atoms with Crippen molar-refractivity contribution in [2.75, 3.05) is 11.1 Å². The lowest BCUT2D eigenvalue weighted by atomic mass is 10.2. The Morgan fingerprint density at radius 2 is 1.86 bits per heavy atom. The summed E-state index contributed by atoms with van der Waals surface area (Å²) in [6.07, 6.45) is 0. The van der Waals surface area contributed by atoms with Crippen molar-refractivity contribution < 1.29 is 9.90 Å². The highest BCUT2D eigenvalue weighted by atomic mass is 35.5. The van der Waals surface area contributed by atoms with Gasteiger partial charge in [0, 0.05) is 16.5 Å². The molecule has 22 heavy (non-hydrogen) atoms. The average molecular weight is 336 g/mol. The van der Waals surface area contributed by atoms with Crippen LogP contribution in [0.5, 0.6) is 0 Å². The number of amides is 1. The van der Waals surface area contributed by atoms with Gasteiger partial charge in [0.15, 0.2) is 0 Å². The number of thioether (sulfide) groups is 1. The third-order valence-electron chi connectivity index (χ3n) is 3.18. The fourth-order valence-corrected chi connectivity index (χ4v) is 2.88. The van der Waals surface area contributed by atoms with Gasteiger partial charge in [-0.25, -0.2) is 0 Å². The molecule has 0 heterocycles. The lowest BCUT2D eigenvalue weighted by Gasteiger charge is -2.09. The van der Waals surface area contributed by atoms with Crippen molar-refractivity contribution in [2.24, 2.45) is 0 Å². The molecule has 0 spiro atoms. The van der Waals surface area contributed by atoms with Crippen molar-refractivity contribution in [1.29, 1.82) is 0 Å². The summed E-state index contributed by atoms with van der Waals surface area (Å²) in [5, 5.41) is 12.5. The van der Waals surface area contributed by atoms with E-state index in [1.54, 1.807) is 23.9 Å². The summed E-state index contributed by atoms with van der Waals surface area (Å²) < 4.78 is 0. The number of benzene rings is 2. The maximum absolute atomic E-state index is 12.0. The van der Waals surface area contributed by atoms with Crippen LogP contribution in [0.15, 0.2) is 42.5 Å². The minimum absolute atomic E-state index is 0.0395. The first-order valence-corrected chi connectivity index (χ1v) is 8.44. The Hall–Kier alpha value is -1.49. The van der Waals surface area contributed by atoms with E-state index in [0.717, 1.165) is 28.1 Å². The molecular formula is C17H18ClNO2S. The Morgan fingerprint density at radius 1 is 1.18 bits per heavy atom. The van der Waals surface area contributed by atoms with Crippen LogP contribution in [0, 0.1) is 6.92 Å². The van der Waals surface area contributed by atoms with E-state index in [2.05, 4.69) is 5.32 Å². The monoisotopic (exact) mass is 335 g/mol. The fourth-order valence-electron chi connectivity index (χ4n) is 1.92. The second-order valence-electron chi connectivity index (χ2n) is 4.97. The predicted octanol–water partition coefficient (Wildman–Crippen LogP) is 4.01. The lowest BCUT2D eigenvalue weighted by molar-refractivity contribution is -0.113. The van der Waals surface area contributed by atoms with Crippen molar-refractivity contribution in [3.05, 3.63) is 64.2 Å². The Kier molecular flexibility index (Phi) is 6.31. The third-order valence-corrected chi connectivity index (χ3v) is 4.42. The number of aryl methyl sites for hydroxylation is 1. The van der Waals surface area contributed by atoms with Gasteiger partial charge in [0.2, 0.25) is 5.91 Å². The molecule has 2 N–H and O–H groups in total. The number of hydrogen-bond acceptors (Lipinski definition) is 3. The van der Waals surface area contributed by atoms with Crippen molar-refractivity contribution in [3.63, 3.8) is 0 Å². The summed E-state index contributed by atoms with van der Waals surface area (Å²) >= 11 is 7.48. The van der Waals surface area contributed by atoms with Crippen LogP contribution in [0.3, 0.4) is 0 Å². The summed E-state index contributed by atoms with van der Waals surface area (Å²) in [5.74, 6) is 1.10. The number of hydrogen-bond donors (Lipinski definition) is 2. The molecule has 1 amide bonds. The Morgan fingerprint density at radius 3 is 2.55 bits per heavy atom. The molecule has 3 nitrogen and oxygen atoms in total. The molecule has 0 fully saturated rings. The Bertz CT molecular complexity index is 644. The number of anilines is 1. The number of aliphatic hydroxyl groups is 1. The molecule has 0 aliphatic carbocycles. The van der Waals surface area contributed by atoms with Crippen molar-refractivity contribution in [2.45, 2.75) is 19.3 Å². The summed E-state index contributed by atoms with van der Waals surface area (Å²) in [7, 11) is 0. The topological polar surface area (TPSA) is 49.3 Å². The molecule has 0 aromatic heterocycles. The van der Waals surface area contributed by atoms with Crippen molar-refractivity contribution in [3.8, 4) is 0 Å². The number of carbonyl (C=O) groups excluding carboxylic acids is 1. The molecule has 0 saturated heterocycles. The molecule has 2 aromatic carbocycles. The minimum atomic E-state index is -0.0395.